The van der Waals surface area contributed by atoms with Gasteiger partial charge in [-0.25, -0.2) is 5.43 Å². The average molecular weight is 298 g/mol. The van der Waals surface area contributed by atoms with Crippen LogP contribution in [0.15, 0.2) is 28.1 Å². The molecule has 0 aliphatic carbocycles. The number of hydrogen-bond acceptors (Lipinski definition) is 5. The van der Waals surface area contributed by atoms with Crippen LogP contribution in [0.5, 0.6) is 0 Å². The molecular weight excluding hydrogens is 289 g/mol. The molecule has 19 heavy (non-hydrogen) atoms. The Morgan fingerprint density at radius 3 is 2.79 bits per heavy atom. The van der Waals surface area contributed by atoms with E-state index in [2.05, 4.69) is 25.7 Å². The molecule has 0 aliphatic rings. The first-order valence-corrected chi connectivity index (χ1v) is 5.99. The van der Waals surface area contributed by atoms with Gasteiger partial charge in [0.15, 0.2) is 0 Å². The molecule has 0 spiro atoms. The molecule has 6 nitrogen and oxygen atoms in total. The lowest BCUT2D eigenvalue weighted by Crippen LogP contribution is -2.15. The van der Waals surface area contributed by atoms with E-state index in [-0.39, 0.29) is 11.5 Å². The van der Waals surface area contributed by atoms with E-state index >= 15 is 0 Å². The first kappa shape index (κ1) is 13.5. The molecule has 2 rings (SSSR count). The molecule has 2 aromatic rings. The summed E-state index contributed by atoms with van der Waals surface area (Å²) in [5, 5.41) is 12.2. The van der Waals surface area contributed by atoms with Crippen molar-refractivity contribution < 1.29 is 0 Å². The largest absolute Gasteiger partial charge is 0.288 e. The molecule has 0 aliphatic heterocycles. The zero-order chi connectivity index (χ0) is 13.8. The number of benzene rings is 1. The number of rotatable bonds is 3. The molecule has 0 saturated carbocycles. The number of aromatic nitrogens is 3. The molecule has 0 unspecified atom stereocenters. The van der Waals surface area contributed by atoms with Crippen LogP contribution in [0.2, 0.25) is 10.0 Å². The van der Waals surface area contributed by atoms with Gasteiger partial charge in [0.25, 0.3) is 5.56 Å². The third kappa shape index (κ3) is 3.52. The van der Waals surface area contributed by atoms with E-state index in [9.17, 15) is 4.79 Å². The molecular formula is C11H9Cl2N5O. The lowest BCUT2D eigenvalue weighted by Gasteiger charge is -1.99. The predicted molar refractivity (Wildman–Crippen MR) is 75.1 cm³/mol. The third-order valence-electron chi connectivity index (χ3n) is 2.19. The highest BCUT2D eigenvalue weighted by molar-refractivity contribution is 6.42. The molecule has 1 heterocycles. The van der Waals surface area contributed by atoms with Crippen LogP contribution >= 0.6 is 23.2 Å². The van der Waals surface area contributed by atoms with Crippen molar-refractivity contribution in [3.63, 3.8) is 0 Å². The summed E-state index contributed by atoms with van der Waals surface area (Å²) in [6.07, 6.45) is 1.52. The van der Waals surface area contributed by atoms with Crippen molar-refractivity contribution in [3.05, 3.63) is 49.9 Å². The van der Waals surface area contributed by atoms with Gasteiger partial charge in [0.1, 0.15) is 5.69 Å². The Hall–Kier alpha value is -1.92. The maximum absolute atomic E-state index is 11.3. The fourth-order valence-electron chi connectivity index (χ4n) is 1.20. The van der Waals surface area contributed by atoms with Crippen molar-refractivity contribution in [2.75, 3.05) is 5.43 Å². The zero-order valence-electron chi connectivity index (χ0n) is 9.82. The second-order valence-corrected chi connectivity index (χ2v) is 4.45. The minimum absolute atomic E-state index is 0.159. The third-order valence-corrected chi connectivity index (χ3v) is 2.93. The molecule has 0 radical (unpaired) electrons. The summed E-state index contributed by atoms with van der Waals surface area (Å²) in [4.78, 5) is 13.8. The van der Waals surface area contributed by atoms with Gasteiger partial charge in [0.2, 0.25) is 5.95 Å². The highest BCUT2D eigenvalue weighted by Crippen LogP contribution is 2.21. The summed E-state index contributed by atoms with van der Waals surface area (Å²) in [6, 6.07) is 5.08. The number of nitrogens with one attached hydrogen (secondary N) is 2. The Balaban J connectivity index is 2.08. The van der Waals surface area contributed by atoms with Gasteiger partial charge in [-0.15, -0.1) is 10.2 Å². The molecule has 0 bridgehead atoms. The van der Waals surface area contributed by atoms with Gasteiger partial charge in [0, 0.05) is 0 Å². The molecule has 0 atom stereocenters. The minimum Gasteiger partial charge on any atom is -0.288 e. The van der Waals surface area contributed by atoms with Gasteiger partial charge >= 0.3 is 0 Å². The lowest BCUT2D eigenvalue weighted by atomic mass is 10.2. The molecule has 98 valence electrons. The van der Waals surface area contributed by atoms with Crippen molar-refractivity contribution in [1.82, 2.24) is 15.2 Å². The Bertz CT molecular complexity index is 683. The molecule has 1 aromatic carbocycles. The second-order valence-electron chi connectivity index (χ2n) is 3.63. The number of aromatic amines is 1. The SMILES string of the molecule is Cc1nnc(NN=Cc2ccc(Cl)c(Cl)c2)[nH]c1=O. The highest BCUT2D eigenvalue weighted by atomic mass is 35.5. The second kappa shape index (κ2) is 5.81. The van der Waals surface area contributed by atoms with E-state index in [0.717, 1.165) is 5.56 Å². The van der Waals surface area contributed by atoms with Crippen molar-refractivity contribution in [2.24, 2.45) is 5.10 Å². The van der Waals surface area contributed by atoms with Gasteiger partial charge in [0.05, 0.1) is 16.3 Å². The van der Waals surface area contributed by atoms with Crippen LogP contribution in [0.1, 0.15) is 11.3 Å². The molecule has 2 N–H and O–H groups in total. The number of nitrogens with zero attached hydrogens (tertiary/aromatic N) is 3. The summed E-state index contributed by atoms with van der Waals surface area (Å²) in [7, 11) is 0. The number of aryl methyl sites for hydroxylation is 1. The van der Waals surface area contributed by atoms with Gasteiger partial charge < -0.3 is 0 Å². The fourth-order valence-corrected chi connectivity index (χ4v) is 1.51. The Labute approximate surface area is 118 Å². The van der Waals surface area contributed by atoms with Crippen LogP contribution in [0.25, 0.3) is 0 Å². The van der Waals surface area contributed by atoms with Crippen LogP contribution in [0.3, 0.4) is 0 Å². The number of hydrogen-bond donors (Lipinski definition) is 2. The smallest absolute Gasteiger partial charge is 0.274 e. The monoisotopic (exact) mass is 297 g/mol. The summed E-state index contributed by atoms with van der Waals surface area (Å²) >= 11 is 11.7. The molecule has 0 amide bonds. The normalized spacial score (nSPS) is 10.9. The highest BCUT2D eigenvalue weighted by Gasteiger charge is 1.99. The summed E-state index contributed by atoms with van der Waals surface area (Å²) in [5.74, 6) is 0.159. The maximum atomic E-state index is 11.3. The quantitative estimate of drug-likeness (QED) is 0.672. The number of hydrazone groups is 1. The van der Waals surface area contributed by atoms with E-state index in [1.807, 2.05) is 0 Å². The van der Waals surface area contributed by atoms with E-state index in [1.165, 1.54) is 6.21 Å². The van der Waals surface area contributed by atoms with Gasteiger partial charge in [-0.1, -0.05) is 29.3 Å². The van der Waals surface area contributed by atoms with Gasteiger partial charge in [-0.05, 0) is 24.6 Å². The van der Waals surface area contributed by atoms with Crippen LogP contribution in [0.4, 0.5) is 5.95 Å². The van der Waals surface area contributed by atoms with Crippen LogP contribution in [-0.4, -0.2) is 21.4 Å². The first-order valence-electron chi connectivity index (χ1n) is 5.24. The van der Waals surface area contributed by atoms with E-state index in [1.54, 1.807) is 25.1 Å². The van der Waals surface area contributed by atoms with Gasteiger partial charge in [-0.2, -0.15) is 5.10 Å². The number of halogens is 2. The Kier molecular flexibility index (Phi) is 4.13. The predicted octanol–water partition coefficient (Wildman–Crippen LogP) is 2.23. The molecule has 0 saturated heterocycles. The molecule has 1 aromatic heterocycles. The van der Waals surface area contributed by atoms with Crippen molar-refractivity contribution in [2.45, 2.75) is 6.92 Å². The van der Waals surface area contributed by atoms with Crippen LogP contribution in [-0.2, 0) is 0 Å². The van der Waals surface area contributed by atoms with Crippen molar-refractivity contribution >= 4 is 35.4 Å². The van der Waals surface area contributed by atoms with E-state index < -0.39 is 0 Å². The lowest BCUT2D eigenvalue weighted by molar-refractivity contribution is 0.897. The van der Waals surface area contributed by atoms with Crippen LogP contribution < -0.4 is 11.0 Å². The fraction of sp³-hybridized carbons (Fsp3) is 0.0909. The number of H-pyrrole nitrogens is 1. The van der Waals surface area contributed by atoms with Crippen molar-refractivity contribution in [3.8, 4) is 0 Å². The molecule has 0 fully saturated rings. The topological polar surface area (TPSA) is 83.0 Å². The first-order chi connectivity index (χ1) is 9.06. The van der Waals surface area contributed by atoms with E-state index in [0.29, 0.717) is 15.7 Å². The number of anilines is 1. The van der Waals surface area contributed by atoms with Crippen LogP contribution in [0, 0.1) is 6.92 Å². The van der Waals surface area contributed by atoms with E-state index in [4.69, 9.17) is 23.2 Å². The zero-order valence-corrected chi connectivity index (χ0v) is 11.3. The van der Waals surface area contributed by atoms with Gasteiger partial charge in [-0.3, -0.25) is 9.78 Å². The summed E-state index contributed by atoms with van der Waals surface area (Å²) in [6.45, 7) is 1.56. The average Bonchev–Trinajstić information content (AvgIpc) is 2.38. The molecule has 8 heteroatoms. The summed E-state index contributed by atoms with van der Waals surface area (Å²) < 4.78 is 0. The Morgan fingerprint density at radius 2 is 2.11 bits per heavy atom. The Morgan fingerprint density at radius 1 is 1.32 bits per heavy atom. The van der Waals surface area contributed by atoms with Crippen molar-refractivity contribution in [1.29, 1.82) is 0 Å². The standard InChI is InChI=1S/C11H9Cl2N5O/c1-6-10(19)15-11(18-16-6)17-14-5-7-2-3-8(12)9(13)4-7/h2-5H,1H3,(H2,15,17,18,19). The maximum Gasteiger partial charge on any atom is 0.274 e. The minimum atomic E-state index is -0.317. The summed E-state index contributed by atoms with van der Waals surface area (Å²) in [5.41, 5.74) is 3.29.